The highest BCUT2D eigenvalue weighted by Gasteiger charge is 2.27. The number of carboxylic acids is 1. The van der Waals surface area contributed by atoms with Gasteiger partial charge in [-0.2, -0.15) is 0 Å². The largest absolute Gasteiger partial charge is 0.481 e. The normalized spacial score (nSPS) is 16.3. The molecule has 1 aliphatic rings. The Balaban J connectivity index is 1.40. The van der Waals surface area contributed by atoms with Crippen LogP contribution in [0.15, 0.2) is 79.0 Å². The summed E-state index contributed by atoms with van der Waals surface area (Å²) in [6.07, 6.45) is 1.95. The first kappa shape index (κ1) is 20.3. The average molecular weight is 402 g/mol. The molecule has 1 saturated heterocycles. The number of aromatic nitrogens is 1. The topological polar surface area (TPSA) is 56.7 Å². The number of pyridine rings is 1. The molecule has 154 valence electrons. The Labute approximate surface area is 177 Å². The predicted molar refractivity (Wildman–Crippen MR) is 117 cm³/mol. The first-order valence-electron chi connectivity index (χ1n) is 10.4. The molecule has 0 aliphatic carbocycles. The minimum Gasteiger partial charge on any atom is -0.481 e. The van der Waals surface area contributed by atoms with Gasteiger partial charge in [0.15, 0.2) is 0 Å². The summed E-state index contributed by atoms with van der Waals surface area (Å²) in [5.41, 5.74) is 4.43. The number of hydrogen-bond donors (Lipinski definition) is 1. The minimum absolute atomic E-state index is 0.0767. The lowest BCUT2D eigenvalue weighted by Crippen LogP contribution is -2.47. The molecule has 3 aromatic rings. The number of carbonyl (C=O) groups is 1. The minimum atomic E-state index is -0.792. The van der Waals surface area contributed by atoms with Gasteiger partial charge < -0.3 is 5.11 Å². The Hall–Kier alpha value is -3.02. The maximum absolute atomic E-state index is 10.8. The van der Waals surface area contributed by atoms with Crippen LogP contribution < -0.4 is 0 Å². The molecule has 0 radical (unpaired) electrons. The summed E-state index contributed by atoms with van der Waals surface area (Å²) in [5, 5.41) is 8.91. The second kappa shape index (κ2) is 9.65. The molecule has 0 saturated carbocycles. The molecule has 0 spiro atoms. The predicted octanol–water partition coefficient (Wildman–Crippen LogP) is 3.62. The van der Waals surface area contributed by atoms with Gasteiger partial charge in [0.1, 0.15) is 0 Å². The van der Waals surface area contributed by atoms with Gasteiger partial charge in [-0.3, -0.25) is 19.6 Å². The lowest BCUT2D eigenvalue weighted by atomic mass is 10.0. The van der Waals surface area contributed by atoms with Crippen molar-refractivity contribution < 1.29 is 9.90 Å². The van der Waals surface area contributed by atoms with Crippen molar-refractivity contribution in [3.05, 3.63) is 101 Å². The zero-order valence-electron chi connectivity index (χ0n) is 17.0. The van der Waals surface area contributed by atoms with Gasteiger partial charge in [0.2, 0.25) is 0 Å². The van der Waals surface area contributed by atoms with Crippen molar-refractivity contribution in [1.82, 2.24) is 14.8 Å². The van der Waals surface area contributed by atoms with E-state index in [9.17, 15) is 4.79 Å². The molecule has 5 heteroatoms. The summed E-state index contributed by atoms with van der Waals surface area (Å²) in [4.78, 5) is 20.5. The first-order valence-corrected chi connectivity index (χ1v) is 10.4. The molecule has 1 atom stereocenters. The molecular weight excluding hydrogens is 374 g/mol. The standard InChI is InChI=1S/C25H27N3O2/c29-24(30)18-20-9-11-21(12-10-20)19-27-14-16-28(17-15-27)25(22-6-2-1-3-7-22)23-8-4-5-13-26-23/h1-13,25H,14-19H2,(H,29,30). The van der Waals surface area contributed by atoms with Gasteiger partial charge >= 0.3 is 5.97 Å². The molecular formula is C25H27N3O2. The summed E-state index contributed by atoms with van der Waals surface area (Å²) in [7, 11) is 0. The SMILES string of the molecule is O=C(O)Cc1ccc(CN2CCN(C(c3ccccc3)c3ccccn3)CC2)cc1. The Morgan fingerprint density at radius 3 is 2.17 bits per heavy atom. The number of piperazine rings is 1. The van der Waals surface area contributed by atoms with E-state index in [-0.39, 0.29) is 12.5 Å². The maximum atomic E-state index is 10.8. The highest BCUT2D eigenvalue weighted by atomic mass is 16.4. The average Bonchev–Trinajstić information content (AvgIpc) is 2.78. The summed E-state index contributed by atoms with van der Waals surface area (Å²) in [6.45, 7) is 4.83. The van der Waals surface area contributed by atoms with Crippen molar-refractivity contribution in [1.29, 1.82) is 0 Å². The van der Waals surface area contributed by atoms with Gasteiger partial charge in [-0.25, -0.2) is 0 Å². The van der Waals surface area contributed by atoms with Crippen molar-refractivity contribution in [2.45, 2.75) is 19.0 Å². The van der Waals surface area contributed by atoms with Crippen molar-refractivity contribution >= 4 is 5.97 Å². The molecule has 2 aromatic carbocycles. The second-order valence-electron chi connectivity index (χ2n) is 7.77. The van der Waals surface area contributed by atoms with Crippen LogP contribution in [0.2, 0.25) is 0 Å². The van der Waals surface area contributed by atoms with Crippen LogP contribution in [0.5, 0.6) is 0 Å². The highest BCUT2D eigenvalue weighted by Crippen LogP contribution is 2.28. The fourth-order valence-corrected chi connectivity index (χ4v) is 4.12. The smallest absolute Gasteiger partial charge is 0.307 e. The van der Waals surface area contributed by atoms with Crippen molar-refractivity contribution in [2.75, 3.05) is 26.2 Å². The molecule has 4 rings (SSSR count). The number of hydrogen-bond acceptors (Lipinski definition) is 4. The van der Waals surface area contributed by atoms with E-state index in [0.29, 0.717) is 0 Å². The van der Waals surface area contributed by atoms with Crippen LogP contribution in [0.25, 0.3) is 0 Å². The molecule has 1 aromatic heterocycles. The molecule has 1 fully saturated rings. The van der Waals surface area contributed by atoms with Crippen molar-refractivity contribution in [2.24, 2.45) is 0 Å². The Kier molecular flexibility index (Phi) is 6.52. The summed E-state index contributed by atoms with van der Waals surface area (Å²) < 4.78 is 0. The number of carboxylic acid groups (broad SMARTS) is 1. The number of rotatable bonds is 7. The van der Waals surface area contributed by atoms with Gasteiger partial charge in [0.05, 0.1) is 18.2 Å². The Morgan fingerprint density at radius 2 is 1.53 bits per heavy atom. The quantitative estimate of drug-likeness (QED) is 0.655. The van der Waals surface area contributed by atoms with Crippen LogP contribution in [0.3, 0.4) is 0 Å². The first-order chi connectivity index (χ1) is 14.7. The molecule has 2 heterocycles. The fraction of sp³-hybridized carbons (Fsp3) is 0.280. The molecule has 5 nitrogen and oxygen atoms in total. The van der Waals surface area contributed by atoms with Crippen molar-refractivity contribution in [3.63, 3.8) is 0 Å². The zero-order chi connectivity index (χ0) is 20.8. The Morgan fingerprint density at radius 1 is 0.867 bits per heavy atom. The highest BCUT2D eigenvalue weighted by molar-refractivity contribution is 5.70. The summed E-state index contributed by atoms with van der Waals surface area (Å²) in [6, 6.07) is 24.9. The molecule has 0 amide bonds. The van der Waals surface area contributed by atoms with Gasteiger partial charge in [0.25, 0.3) is 0 Å². The van der Waals surface area contributed by atoms with Gasteiger partial charge in [-0.05, 0) is 28.8 Å². The lowest BCUT2D eigenvalue weighted by molar-refractivity contribution is -0.136. The fourth-order valence-electron chi connectivity index (χ4n) is 4.12. The number of nitrogens with zero attached hydrogens (tertiary/aromatic N) is 3. The molecule has 0 bridgehead atoms. The van der Waals surface area contributed by atoms with E-state index in [1.807, 2.05) is 36.5 Å². The van der Waals surface area contributed by atoms with E-state index in [1.165, 1.54) is 11.1 Å². The zero-order valence-corrected chi connectivity index (χ0v) is 17.0. The van der Waals surface area contributed by atoms with E-state index >= 15 is 0 Å². The number of benzene rings is 2. The van der Waals surface area contributed by atoms with E-state index in [4.69, 9.17) is 5.11 Å². The van der Waals surface area contributed by atoms with E-state index in [0.717, 1.165) is 44.0 Å². The van der Waals surface area contributed by atoms with Crippen LogP contribution in [-0.4, -0.2) is 52.0 Å². The number of aliphatic carboxylic acids is 1. The van der Waals surface area contributed by atoms with Crippen LogP contribution in [0, 0.1) is 0 Å². The Bertz CT molecular complexity index is 898. The van der Waals surface area contributed by atoms with E-state index in [1.54, 1.807) is 0 Å². The van der Waals surface area contributed by atoms with Crippen LogP contribution in [0.1, 0.15) is 28.4 Å². The second-order valence-corrected chi connectivity index (χ2v) is 7.77. The molecule has 30 heavy (non-hydrogen) atoms. The van der Waals surface area contributed by atoms with Crippen LogP contribution in [0.4, 0.5) is 0 Å². The monoisotopic (exact) mass is 401 g/mol. The summed E-state index contributed by atoms with van der Waals surface area (Å²) in [5.74, 6) is -0.792. The molecule has 1 N–H and O–H groups in total. The van der Waals surface area contributed by atoms with Gasteiger partial charge in [-0.15, -0.1) is 0 Å². The van der Waals surface area contributed by atoms with Crippen molar-refractivity contribution in [3.8, 4) is 0 Å². The lowest BCUT2D eigenvalue weighted by Gasteiger charge is -2.39. The van der Waals surface area contributed by atoms with E-state index < -0.39 is 5.97 Å². The van der Waals surface area contributed by atoms with E-state index in [2.05, 4.69) is 57.2 Å². The van der Waals surface area contributed by atoms with Crippen LogP contribution >= 0.6 is 0 Å². The maximum Gasteiger partial charge on any atom is 0.307 e. The third-order valence-electron chi connectivity index (χ3n) is 5.64. The molecule has 1 aliphatic heterocycles. The van der Waals surface area contributed by atoms with Gasteiger partial charge in [-0.1, -0.05) is 60.7 Å². The molecule has 1 unspecified atom stereocenters. The third-order valence-corrected chi connectivity index (χ3v) is 5.64. The third kappa shape index (κ3) is 5.12. The van der Waals surface area contributed by atoms with Crippen LogP contribution in [-0.2, 0) is 17.8 Å². The van der Waals surface area contributed by atoms with Gasteiger partial charge in [0, 0.05) is 38.9 Å². The summed E-state index contributed by atoms with van der Waals surface area (Å²) >= 11 is 0.